The normalized spacial score (nSPS) is 11.0. The summed E-state index contributed by atoms with van der Waals surface area (Å²) in [4.78, 5) is 16.5. The highest BCUT2D eigenvalue weighted by Gasteiger charge is 2.07. The van der Waals surface area contributed by atoms with Gasteiger partial charge in [-0.3, -0.25) is 9.20 Å². The van der Waals surface area contributed by atoms with Crippen molar-refractivity contribution in [1.82, 2.24) is 9.38 Å². The van der Waals surface area contributed by atoms with Gasteiger partial charge < -0.3 is 0 Å². The second kappa shape index (κ2) is 6.73. The van der Waals surface area contributed by atoms with Crippen LogP contribution in [0.2, 0.25) is 10.0 Å². The standard InChI is InChI=1S/C16H12Cl2N2OS/c17-13-4-3-5-14(18)12(13)10-22-9-11-8-16(21)20-7-2-1-6-15(20)19-11/h1-8H,9-10H2. The fourth-order valence-electron chi connectivity index (χ4n) is 2.10. The summed E-state index contributed by atoms with van der Waals surface area (Å²) in [6.45, 7) is 0. The van der Waals surface area contributed by atoms with E-state index in [0.29, 0.717) is 27.2 Å². The number of hydrogen-bond donors (Lipinski definition) is 0. The summed E-state index contributed by atoms with van der Waals surface area (Å²) in [5, 5.41) is 1.32. The van der Waals surface area contributed by atoms with Crippen molar-refractivity contribution >= 4 is 40.6 Å². The lowest BCUT2D eigenvalue weighted by Gasteiger charge is -2.07. The van der Waals surface area contributed by atoms with Gasteiger partial charge in [-0.25, -0.2) is 4.98 Å². The Morgan fingerprint density at radius 1 is 1.05 bits per heavy atom. The van der Waals surface area contributed by atoms with Gasteiger partial charge in [-0.2, -0.15) is 11.8 Å². The fraction of sp³-hybridized carbons (Fsp3) is 0.125. The number of rotatable bonds is 4. The zero-order valence-electron chi connectivity index (χ0n) is 11.5. The van der Waals surface area contributed by atoms with Crippen molar-refractivity contribution in [2.45, 2.75) is 11.5 Å². The van der Waals surface area contributed by atoms with Crippen LogP contribution in [-0.4, -0.2) is 9.38 Å². The van der Waals surface area contributed by atoms with Gasteiger partial charge in [-0.15, -0.1) is 0 Å². The van der Waals surface area contributed by atoms with Gasteiger partial charge in [0.2, 0.25) is 0 Å². The Morgan fingerprint density at radius 3 is 2.59 bits per heavy atom. The molecule has 0 unspecified atom stereocenters. The molecule has 2 heterocycles. The van der Waals surface area contributed by atoms with E-state index in [0.717, 1.165) is 11.3 Å². The van der Waals surface area contributed by atoms with E-state index in [4.69, 9.17) is 23.2 Å². The monoisotopic (exact) mass is 350 g/mol. The first-order valence-corrected chi connectivity index (χ1v) is 8.54. The molecular formula is C16H12Cl2N2OS. The Kier molecular flexibility index (Phi) is 4.71. The summed E-state index contributed by atoms with van der Waals surface area (Å²) in [5.41, 5.74) is 2.25. The van der Waals surface area contributed by atoms with E-state index in [1.807, 2.05) is 36.4 Å². The molecular weight excluding hydrogens is 339 g/mol. The molecule has 0 aliphatic heterocycles. The molecule has 0 spiro atoms. The highest BCUT2D eigenvalue weighted by molar-refractivity contribution is 7.97. The maximum absolute atomic E-state index is 12.0. The molecule has 112 valence electrons. The zero-order chi connectivity index (χ0) is 15.5. The first-order chi connectivity index (χ1) is 10.6. The van der Waals surface area contributed by atoms with E-state index in [9.17, 15) is 4.79 Å². The van der Waals surface area contributed by atoms with Crippen LogP contribution in [0.3, 0.4) is 0 Å². The van der Waals surface area contributed by atoms with Crippen molar-refractivity contribution in [3.63, 3.8) is 0 Å². The SMILES string of the molecule is O=c1cc(CSCc2c(Cl)cccc2Cl)nc2ccccn12. The Bertz CT molecular complexity index is 859. The van der Waals surface area contributed by atoms with E-state index in [1.165, 1.54) is 4.40 Å². The second-order valence-corrected chi connectivity index (χ2v) is 6.51. The van der Waals surface area contributed by atoms with Gasteiger partial charge in [0.15, 0.2) is 0 Å². The van der Waals surface area contributed by atoms with Gasteiger partial charge in [0.05, 0.1) is 5.69 Å². The van der Waals surface area contributed by atoms with Crippen LogP contribution in [0.25, 0.3) is 5.65 Å². The maximum Gasteiger partial charge on any atom is 0.258 e. The Morgan fingerprint density at radius 2 is 1.82 bits per heavy atom. The minimum atomic E-state index is -0.0722. The van der Waals surface area contributed by atoms with Crippen molar-refractivity contribution in [2.24, 2.45) is 0 Å². The summed E-state index contributed by atoms with van der Waals surface area (Å²) >= 11 is 13.9. The minimum Gasteiger partial charge on any atom is -0.269 e. The molecule has 3 rings (SSSR count). The molecule has 0 amide bonds. The molecule has 0 saturated heterocycles. The van der Waals surface area contributed by atoms with E-state index in [1.54, 1.807) is 24.0 Å². The van der Waals surface area contributed by atoms with Crippen molar-refractivity contribution in [2.75, 3.05) is 0 Å². The molecule has 6 heteroatoms. The van der Waals surface area contributed by atoms with Gasteiger partial charge in [-0.1, -0.05) is 35.3 Å². The average Bonchev–Trinajstić information content (AvgIpc) is 2.50. The van der Waals surface area contributed by atoms with Crippen LogP contribution in [0.4, 0.5) is 0 Å². The van der Waals surface area contributed by atoms with Gasteiger partial charge in [-0.05, 0) is 29.8 Å². The lowest BCUT2D eigenvalue weighted by Crippen LogP contribution is -2.14. The summed E-state index contributed by atoms with van der Waals surface area (Å²) in [6.07, 6.45) is 1.71. The topological polar surface area (TPSA) is 34.4 Å². The maximum atomic E-state index is 12.0. The number of halogens is 2. The van der Waals surface area contributed by atoms with Crippen LogP contribution < -0.4 is 5.56 Å². The van der Waals surface area contributed by atoms with Crippen LogP contribution in [-0.2, 0) is 11.5 Å². The zero-order valence-corrected chi connectivity index (χ0v) is 13.8. The number of aromatic nitrogens is 2. The second-order valence-electron chi connectivity index (χ2n) is 4.71. The molecule has 0 aliphatic carbocycles. The molecule has 3 nitrogen and oxygen atoms in total. The molecule has 0 atom stereocenters. The van der Waals surface area contributed by atoms with Crippen molar-refractivity contribution < 1.29 is 0 Å². The third-order valence-corrected chi connectivity index (χ3v) is 4.88. The van der Waals surface area contributed by atoms with Crippen LogP contribution in [0.5, 0.6) is 0 Å². The average molecular weight is 351 g/mol. The molecule has 0 N–H and O–H groups in total. The van der Waals surface area contributed by atoms with Gasteiger partial charge in [0.1, 0.15) is 5.65 Å². The highest BCUT2D eigenvalue weighted by atomic mass is 35.5. The van der Waals surface area contributed by atoms with E-state index >= 15 is 0 Å². The lowest BCUT2D eigenvalue weighted by molar-refractivity contribution is 1.01. The van der Waals surface area contributed by atoms with Crippen LogP contribution in [0, 0.1) is 0 Å². The number of hydrogen-bond acceptors (Lipinski definition) is 3. The van der Waals surface area contributed by atoms with E-state index < -0.39 is 0 Å². The number of thioether (sulfide) groups is 1. The van der Waals surface area contributed by atoms with Gasteiger partial charge in [0, 0.05) is 33.8 Å². The van der Waals surface area contributed by atoms with Crippen molar-refractivity contribution in [3.05, 3.63) is 80.3 Å². The molecule has 22 heavy (non-hydrogen) atoms. The van der Waals surface area contributed by atoms with Gasteiger partial charge in [0.25, 0.3) is 5.56 Å². The lowest BCUT2D eigenvalue weighted by atomic mass is 10.2. The van der Waals surface area contributed by atoms with E-state index in [2.05, 4.69) is 4.98 Å². The predicted octanol–water partition coefficient (Wildman–Crippen LogP) is 4.43. The molecule has 0 saturated carbocycles. The molecule has 0 bridgehead atoms. The largest absolute Gasteiger partial charge is 0.269 e. The molecule has 2 aromatic heterocycles. The molecule has 0 aliphatic rings. The summed E-state index contributed by atoms with van der Waals surface area (Å²) < 4.78 is 1.53. The number of fused-ring (bicyclic) bond motifs is 1. The Hall–Kier alpha value is -1.49. The summed E-state index contributed by atoms with van der Waals surface area (Å²) in [5.74, 6) is 1.30. The quantitative estimate of drug-likeness (QED) is 0.697. The number of benzene rings is 1. The summed E-state index contributed by atoms with van der Waals surface area (Å²) in [7, 11) is 0. The third kappa shape index (κ3) is 3.29. The first kappa shape index (κ1) is 15.4. The highest BCUT2D eigenvalue weighted by Crippen LogP contribution is 2.29. The number of pyridine rings is 1. The van der Waals surface area contributed by atoms with Crippen molar-refractivity contribution in [3.8, 4) is 0 Å². The Labute approximate surface area is 141 Å². The fourth-order valence-corrected chi connectivity index (χ4v) is 3.77. The van der Waals surface area contributed by atoms with E-state index in [-0.39, 0.29) is 5.56 Å². The molecule has 1 aromatic carbocycles. The minimum absolute atomic E-state index is 0.0722. The smallest absolute Gasteiger partial charge is 0.258 e. The Balaban J connectivity index is 1.76. The van der Waals surface area contributed by atoms with Crippen LogP contribution in [0.1, 0.15) is 11.3 Å². The van der Waals surface area contributed by atoms with Gasteiger partial charge >= 0.3 is 0 Å². The molecule has 3 aromatic rings. The first-order valence-electron chi connectivity index (χ1n) is 6.63. The summed E-state index contributed by atoms with van der Waals surface area (Å²) in [6, 6.07) is 12.5. The molecule has 0 radical (unpaired) electrons. The predicted molar refractivity (Wildman–Crippen MR) is 92.9 cm³/mol. The third-order valence-electron chi connectivity index (χ3n) is 3.18. The molecule has 0 fully saturated rings. The van der Waals surface area contributed by atoms with Crippen LogP contribution in [0.15, 0.2) is 53.5 Å². The van der Waals surface area contributed by atoms with Crippen LogP contribution >= 0.6 is 35.0 Å². The van der Waals surface area contributed by atoms with Crippen molar-refractivity contribution in [1.29, 1.82) is 0 Å². The number of nitrogens with zero attached hydrogens (tertiary/aromatic N) is 2.